The highest BCUT2D eigenvalue weighted by atomic mass is 32.1. The van der Waals surface area contributed by atoms with Gasteiger partial charge < -0.3 is 9.47 Å². The first-order valence-electron chi connectivity index (χ1n) is 12.0. The van der Waals surface area contributed by atoms with E-state index in [1.165, 1.54) is 12.8 Å². The van der Waals surface area contributed by atoms with Crippen molar-refractivity contribution in [3.05, 3.63) is 30.1 Å². The third-order valence-electron chi connectivity index (χ3n) is 6.67. The second-order valence-electron chi connectivity index (χ2n) is 12.5. The molecule has 0 N–H and O–H groups in total. The van der Waals surface area contributed by atoms with Crippen LogP contribution < -0.4 is 0 Å². The van der Waals surface area contributed by atoms with Gasteiger partial charge in [0.05, 0.1) is 24.4 Å². The lowest BCUT2D eigenvalue weighted by molar-refractivity contribution is -0.0653. The number of rotatable bonds is 11. The summed E-state index contributed by atoms with van der Waals surface area (Å²) in [7, 11) is 0. The number of nitrogens with zero attached hydrogens (tertiary/aromatic N) is 1. The summed E-state index contributed by atoms with van der Waals surface area (Å²) in [6.07, 6.45) is 6.47. The lowest BCUT2D eigenvalue weighted by Gasteiger charge is -2.38. The molecule has 4 heteroatoms. The largest absolute Gasteiger partial charge is 0.375 e. The van der Waals surface area contributed by atoms with Crippen molar-refractivity contribution in [2.24, 2.45) is 17.3 Å². The van der Waals surface area contributed by atoms with E-state index in [1.54, 1.807) is 0 Å². The van der Waals surface area contributed by atoms with Gasteiger partial charge in [-0.3, -0.25) is 4.98 Å². The van der Waals surface area contributed by atoms with Crippen LogP contribution in [0.15, 0.2) is 24.4 Å². The van der Waals surface area contributed by atoms with Crippen molar-refractivity contribution < 1.29 is 9.47 Å². The van der Waals surface area contributed by atoms with Crippen LogP contribution in [-0.2, 0) is 9.47 Å². The van der Waals surface area contributed by atoms with Crippen LogP contribution in [0.5, 0.6) is 0 Å². The minimum absolute atomic E-state index is 0.112. The van der Waals surface area contributed by atoms with E-state index >= 15 is 0 Å². The molecule has 3 atom stereocenters. The number of thiol groups is 1. The third kappa shape index (κ3) is 9.06. The van der Waals surface area contributed by atoms with E-state index in [0.29, 0.717) is 17.9 Å². The molecule has 1 fully saturated rings. The van der Waals surface area contributed by atoms with E-state index in [9.17, 15) is 0 Å². The molecule has 0 aliphatic heterocycles. The van der Waals surface area contributed by atoms with Crippen LogP contribution >= 0.6 is 12.6 Å². The number of pyridine rings is 1. The average Bonchev–Trinajstić information content (AvgIpc) is 3.44. The minimum Gasteiger partial charge on any atom is -0.375 e. The first-order valence-corrected chi connectivity index (χ1v) is 12.5. The van der Waals surface area contributed by atoms with Gasteiger partial charge in [0.2, 0.25) is 0 Å². The first-order chi connectivity index (χ1) is 14.1. The molecular formula is C27H47NO2S. The van der Waals surface area contributed by atoms with Crippen LogP contribution in [0, 0.1) is 17.3 Å². The number of hydrogen-bond donors (Lipinski definition) is 1. The van der Waals surface area contributed by atoms with Gasteiger partial charge in [0.25, 0.3) is 0 Å². The molecule has 0 spiro atoms. The number of hydrogen-bond acceptors (Lipinski definition) is 4. The van der Waals surface area contributed by atoms with Crippen molar-refractivity contribution in [1.29, 1.82) is 0 Å². The predicted molar refractivity (Wildman–Crippen MR) is 135 cm³/mol. The van der Waals surface area contributed by atoms with E-state index in [2.05, 4.69) is 73.4 Å². The Labute approximate surface area is 197 Å². The zero-order valence-corrected chi connectivity index (χ0v) is 22.4. The van der Waals surface area contributed by atoms with Crippen molar-refractivity contribution in [2.75, 3.05) is 13.2 Å². The monoisotopic (exact) mass is 449 g/mol. The fourth-order valence-electron chi connectivity index (χ4n) is 4.21. The van der Waals surface area contributed by atoms with E-state index in [0.717, 1.165) is 31.1 Å². The Morgan fingerprint density at radius 2 is 1.58 bits per heavy atom. The molecular weight excluding hydrogens is 402 g/mol. The summed E-state index contributed by atoms with van der Waals surface area (Å²) in [6.45, 7) is 21.5. The fourth-order valence-corrected chi connectivity index (χ4v) is 4.53. The smallest absolute Gasteiger partial charge is 0.0627 e. The van der Waals surface area contributed by atoms with Gasteiger partial charge in [0.1, 0.15) is 0 Å². The second-order valence-corrected chi connectivity index (χ2v) is 13.5. The van der Waals surface area contributed by atoms with Gasteiger partial charge in [0, 0.05) is 22.6 Å². The van der Waals surface area contributed by atoms with Crippen LogP contribution in [0.25, 0.3) is 0 Å². The van der Waals surface area contributed by atoms with E-state index < -0.39 is 0 Å². The maximum absolute atomic E-state index is 6.53. The normalized spacial score (nSPS) is 19.7. The fraction of sp³-hybridized carbons (Fsp3) is 0.815. The van der Waals surface area contributed by atoms with Crippen molar-refractivity contribution in [3.63, 3.8) is 0 Å². The summed E-state index contributed by atoms with van der Waals surface area (Å²) in [5.74, 6) is 1.59. The van der Waals surface area contributed by atoms with Crippen LogP contribution in [0.4, 0.5) is 0 Å². The predicted octanol–water partition coefficient (Wildman–Crippen LogP) is 7.32. The van der Waals surface area contributed by atoms with Crippen molar-refractivity contribution in [1.82, 2.24) is 4.98 Å². The molecule has 0 saturated heterocycles. The van der Waals surface area contributed by atoms with Crippen LogP contribution in [-0.4, -0.2) is 34.1 Å². The molecule has 1 saturated carbocycles. The van der Waals surface area contributed by atoms with Crippen LogP contribution in [0.3, 0.4) is 0 Å². The Bertz CT molecular complexity index is 669. The zero-order valence-electron chi connectivity index (χ0n) is 21.5. The Balaban J connectivity index is 2.03. The molecule has 1 aromatic rings. The lowest BCUT2D eigenvalue weighted by Crippen LogP contribution is -2.38. The van der Waals surface area contributed by atoms with Gasteiger partial charge in [-0.15, -0.1) is 0 Å². The van der Waals surface area contributed by atoms with E-state index in [1.807, 2.05) is 18.3 Å². The highest BCUT2D eigenvalue weighted by Gasteiger charge is 2.40. The zero-order chi connectivity index (χ0) is 23.5. The van der Waals surface area contributed by atoms with Crippen molar-refractivity contribution in [2.45, 2.75) is 110 Å². The minimum atomic E-state index is -0.250. The van der Waals surface area contributed by atoms with Crippen LogP contribution in [0.2, 0.25) is 0 Å². The maximum Gasteiger partial charge on any atom is 0.0627 e. The van der Waals surface area contributed by atoms with Gasteiger partial charge >= 0.3 is 0 Å². The van der Waals surface area contributed by atoms with Gasteiger partial charge in [-0.1, -0.05) is 26.8 Å². The number of aromatic nitrogens is 1. The summed E-state index contributed by atoms with van der Waals surface area (Å²) >= 11 is 5.16. The standard InChI is InChI=1S/C27H47NO2S/c1-24(2,3)21(20-13-14-20)18-30-26(7,8)15-16-27(9,31)22(19-29-25(4,5)6)23-12-10-11-17-28-23/h10-12,17,20-22,31H,13-16,18-19H2,1-9H3. The van der Waals surface area contributed by atoms with E-state index in [4.69, 9.17) is 22.1 Å². The summed E-state index contributed by atoms with van der Waals surface area (Å²) < 4.78 is 12.5. The molecule has 1 aliphatic carbocycles. The molecule has 178 valence electrons. The molecule has 0 radical (unpaired) electrons. The molecule has 1 aliphatic rings. The average molecular weight is 450 g/mol. The molecule has 3 nitrogen and oxygen atoms in total. The summed E-state index contributed by atoms with van der Waals surface area (Å²) in [4.78, 5) is 4.64. The molecule has 2 rings (SSSR count). The highest BCUT2D eigenvalue weighted by Crippen LogP contribution is 2.46. The molecule has 3 unspecified atom stereocenters. The van der Waals surface area contributed by atoms with Crippen LogP contribution in [0.1, 0.15) is 99.6 Å². The summed E-state index contributed by atoms with van der Waals surface area (Å²) in [5.41, 5.74) is 0.972. The lowest BCUT2D eigenvalue weighted by atomic mass is 9.78. The molecule has 0 bridgehead atoms. The third-order valence-corrected chi connectivity index (χ3v) is 7.20. The highest BCUT2D eigenvalue weighted by molar-refractivity contribution is 7.81. The number of ether oxygens (including phenoxy) is 2. The van der Waals surface area contributed by atoms with E-state index in [-0.39, 0.29) is 21.9 Å². The SMILES string of the molecule is CC(C)(C)OCC(c1ccccn1)C(C)(S)CCC(C)(C)OCC(C1CC1)C(C)(C)C. The van der Waals surface area contributed by atoms with Gasteiger partial charge in [-0.2, -0.15) is 12.6 Å². The van der Waals surface area contributed by atoms with Gasteiger partial charge in [0.15, 0.2) is 0 Å². The Hall–Kier alpha value is -0.580. The Morgan fingerprint density at radius 1 is 0.935 bits per heavy atom. The Kier molecular flexibility index (Phi) is 8.72. The Morgan fingerprint density at radius 3 is 2.06 bits per heavy atom. The summed E-state index contributed by atoms with van der Waals surface area (Å²) in [5, 5.41) is 0. The summed E-state index contributed by atoms with van der Waals surface area (Å²) in [6, 6.07) is 6.10. The second kappa shape index (κ2) is 10.1. The molecule has 0 aromatic carbocycles. The molecule has 1 heterocycles. The quantitative estimate of drug-likeness (QED) is 0.359. The van der Waals surface area contributed by atoms with Gasteiger partial charge in [-0.25, -0.2) is 0 Å². The first kappa shape index (κ1) is 26.7. The van der Waals surface area contributed by atoms with Gasteiger partial charge in [-0.05, 0) is 96.6 Å². The molecule has 0 amide bonds. The molecule has 1 aromatic heterocycles. The van der Waals surface area contributed by atoms with Crippen molar-refractivity contribution >= 4 is 12.6 Å². The topological polar surface area (TPSA) is 31.4 Å². The molecule has 31 heavy (non-hydrogen) atoms. The van der Waals surface area contributed by atoms with Crippen molar-refractivity contribution in [3.8, 4) is 0 Å². The maximum atomic E-state index is 6.53.